The molecule has 64 heavy (non-hydrogen) atoms. The fourth-order valence-electron chi connectivity index (χ4n) is 7.37. The Morgan fingerprint density at radius 2 is 0.562 bits per heavy atom. The van der Waals surface area contributed by atoms with Crippen LogP contribution in [0.2, 0.25) is 0 Å². The highest BCUT2D eigenvalue weighted by Crippen LogP contribution is 2.27. The number of nitrogens with two attached hydrogens (primary N) is 1. The van der Waals surface area contributed by atoms with E-state index in [2.05, 4.69) is 0 Å². The summed E-state index contributed by atoms with van der Waals surface area (Å²) in [5.41, 5.74) is 10.5. The minimum absolute atomic E-state index is 0.170. The molecule has 4 fully saturated rings. The van der Waals surface area contributed by atoms with Crippen LogP contribution in [0.3, 0.4) is 0 Å². The predicted molar refractivity (Wildman–Crippen MR) is 231 cm³/mol. The first kappa shape index (κ1) is 46.8. The second-order valence-electron chi connectivity index (χ2n) is 16.1. The Hall–Kier alpha value is -3.72. The van der Waals surface area contributed by atoms with E-state index >= 15 is 0 Å². The lowest BCUT2D eigenvalue weighted by Crippen LogP contribution is -2.43. The molecular weight excluding hydrogens is 827 g/mol. The van der Waals surface area contributed by atoms with Gasteiger partial charge >= 0.3 is 0 Å². The minimum Gasteiger partial charge on any atom is -0.372 e. The van der Waals surface area contributed by atoms with Crippen LogP contribution in [0.4, 0.5) is 0 Å². The van der Waals surface area contributed by atoms with E-state index in [-0.39, 0.29) is 64.1 Å². The van der Waals surface area contributed by atoms with E-state index in [9.17, 15) is 0 Å². The van der Waals surface area contributed by atoms with E-state index in [1.165, 1.54) is 0 Å². The average Bonchev–Trinajstić information content (AvgIpc) is 3.37. The molecule has 4 saturated heterocycles. The van der Waals surface area contributed by atoms with Crippen LogP contribution in [-0.2, 0) is 66.3 Å². The fraction of sp³-hybridized carbons (Fsp3) is 0.510. The molecule has 4 aromatic rings. The van der Waals surface area contributed by atoms with E-state index in [4.69, 9.17) is 72.0 Å². The second-order valence-corrected chi connectivity index (χ2v) is 16.1. The lowest BCUT2D eigenvalue weighted by Gasteiger charge is -2.33. The topological polar surface area (TPSA) is 155 Å². The Morgan fingerprint density at radius 3 is 0.781 bits per heavy atom. The summed E-state index contributed by atoms with van der Waals surface area (Å²) in [6.45, 7) is 4.20. The number of rotatable bonds is 22. The molecule has 0 amide bonds. The summed E-state index contributed by atoms with van der Waals surface area (Å²) in [5, 5.41) is 0. The van der Waals surface area contributed by atoms with Crippen LogP contribution >= 0.6 is 0 Å². The third-order valence-corrected chi connectivity index (χ3v) is 10.9. The van der Waals surface area contributed by atoms with Gasteiger partial charge in [0.15, 0.2) is 25.2 Å². The van der Waals surface area contributed by atoms with Crippen molar-refractivity contribution in [3.05, 3.63) is 144 Å². The molecule has 346 valence electrons. The van der Waals surface area contributed by atoms with Crippen molar-refractivity contribution in [1.82, 2.24) is 0 Å². The van der Waals surface area contributed by atoms with Crippen molar-refractivity contribution in [3.63, 3.8) is 0 Å². The molecule has 4 aromatic carbocycles. The quantitative estimate of drug-likeness (QED) is 0.104. The van der Waals surface area contributed by atoms with Gasteiger partial charge in [-0.15, -0.1) is 0 Å². The molecule has 0 unspecified atom stereocenters. The van der Waals surface area contributed by atoms with E-state index in [0.717, 1.165) is 22.3 Å². The van der Waals surface area contributed by atoms with Crippen molar-refractivity contribution < 1.29 is 66.3 Å². The molecule has 4 heterocycles. The highest BCUT2D eigenvalue weighted by atomic mass is 16.7. The maximum atomic E-state index is 6.64. The van der Waals surface area contributed by atoms with Crippen molar-refractivity contribution in [3.8, 4) is 0 Å². The van der Waals surface area contributed by atoms with Crippen LogP contribution in [0.5, 0.6) is 0 Å². The molecule has 2 N–H and O–H groups in total. The normalized spacial score (nSPS) is 28.0. The highest BCUT2D eigenvalue weighted by Gasteiger charge is 2.30. The molecular formula is C49H61NO14. The molecule has 0 aromatic heterocycles. The van der Waals surface area contributed by atoms with Crippen molar-refractivity contribution in [2.24, 2.45) is 5.73 Å². The van der Waals surface area contributed by atoms with E-state index in [1.54, 1.807) is 0 Å². The van der Waals surface area contributed by atoms with Crippen LogP contribution in [0.1, 0.15) is 47.4 Å². The Bertz CT molecular complexity index is 1570. The van der Waals surface area contributed by atoms with Gasteiger partial charge in [-0.25, -0.2) is 0 Å². The maximum absolute atomic E-state index is 6.64. The van der Waals surface area contributed by atoms with E-state index in [0.29, 0.717) is 52.9 Å². The number of hydrogen-bond donors (Lipinski definition) is 1. The van der Waals surface area contributed by atoms with Gasteiger partial charge in [0.25, 0.3) is 0 Å². The number of ether oxygens (including phenoxy) is 14. The standard InChI is InChI=1S/C49H61NO14/c50-39(21-51-40(23-53-42-27-57-46(58-28-42)35-13-5-1-6-14-35)24-54-43-29-59-47(60-30-43)36-15-7-2-8-16-36)22-52-41(25-55-44-31-61-48(62-32-44)37-17-9-3-10-18-37)26-56-45-33-63-49(64-34-45)38-19-11-4-12-20-38/h1-20,39-49H,21-34,50H2. The van der Waals surface area contributed by atoms with Crippen LogP contribution in [0.25, 0.3) is 0 Å². The minimum atomic E-state index is -0.494. The first-order valence-corrected chi connectivity index (χ1v) is 22.2. The summed E-state index contributed by atoms with van der Waals surface area (Å²) < 4.78 is 85.6. The number of hydrogen-bond acceptors (Lipinski definition) is 15. The average molecular weight is 888 g/mol. The molecule has 4 aliphatic rings. The Morgan fingerprint density at radius 1 is 0.344 bits per heavy atom. The van der Waals surface area contributed by atoms with Crippen molar-refractivity contribution in [2.75, 3.05) is 92.5 Å². The lowest BCUT2D eigenvalue weighted by atomic mass is 10.2. The van der Waals surface area contributed by atoms with Gasteiger partial charge in [-0.1, -0.05) is 121 Å². The SMILES string of the molecule is NC(COC(COC1COC(c2ccccc2)OC1)COC1COC(c2ccccc2)OC1)COC(COC1COC(c2ccccc2)OC1)COC1COC(c2ccccc2)OC1. The molecule has 0 atom stereocenters. The summed E-state index contributed by atoms with van der Waals surface area (Å²) in [4.78, 5) is 0. The van der Waals surface area contributed by atoms with Gasteiger partial charge in [-0.05, 0) is 0 Å². The Labute approximate surface area is 375 Å². The summed E-state index contributed by atoms with van der Waals surface area (Å²) in [5.74, 6) is 0. The second kappa shape index (κ2) is 25.3. The third-order valence-electron chi connectivity index (χ3n) is 10.9. The van der Waals surface area contributed by atoms with Gasteiger partial charge in [0.1, 0.15) is 36.6 Å². The van der Waals surface area contributed by atoms with Crippen LogP contribution in [-0.4, -0.2) is 135 Å². The first-order chi connectivity index (χ1) is 31.6. The Kier molecular flexibility index (Phi) is 18.5. The molecule has 8 rings (SSSR count). The van der Waals surface area contributed by atoms with Crippen molar-refractivity contribution >= 4 is 0 Å². The van der Waals surface area contributed by atoms with E-state index in [1.807, 2.05) is 121 Å². The van der Waals surface area contributed by atoms with Gasteiger partial charge in [0, 0.05) is 22.3 Å². The number of benzene rings is 4. The van der Waals surface area contributed by atoms with Gasteiger partial charge in [0.05, 0.1) is 98.5 Å². The van der Waals surface area contributed by atoms with Gasteiger partial charge < -0.3 is 72.0 Å². The molecule has 0 bridgehead atoms. The molecule has 15 nitrogen and oxygen atoms in total. The van der Waals surface area contributed by atoms with Crippen LogP contribution < -0.4 is 5.73 Å². The largest absolute Gasteiger partial charge is 0.372 e. The Balaban J connectivity index is 0.815. The monoisotopic (exact) mass is 887 g/mol. The van der Waals surface area contributed by atoms with Crippen LogP contribution in [0.15, 0.2) is 121 Å². The zero-order valence-corrected chi connectivity index (χ0v) is 36.1. The summed E-state index contributed by atoms with van der Waals surface area (Å²) in [7, 11) is 0. The lowest BCUT2D eigenvalue weighted by molar-refractivity contribution is -0.245. The molecule has 0 spiro atoms. The first-order valence-electron chi connectivity index (χ1n) is 22.2. The van der Waals surface area contributed by atoms with Gasteiger partial charge in [0.2, 0.25) is 0 Å². The molecule has 0 aliphatic carbocycles. The zero-order chi connectivity index (χ0) is 43.6. The smallest absolute Gasteiger partial charge is 0.184 e. The zero-order valence-electron chi connectivity index (χ0n) is 36.1. The van der Waals surface area contributed by atoms with Crippen LogP contribution in [0, 0.1) is 0 Å². The van der Waals surface area contributed by atoms with E-state index < -0.39 is 43.4 Å². The summed E-state index contributed by atoms with van der Waals surface area (Å²) in [6.07, 6.45) is -3.83. The molecule has 0 radical (unpaired) electrons. The molecule has 4 aliphatic heterocycles. The fourth-order valence-corrected chi connectivity index (χ4v) is 7.37. The molecule has 15 heteroatoms. The third kappa shape index (κ3) is 14.6. The highest BCUT2D eigenvalue weighted by molar-refractivity contribution is 5.18. The maximum Gasteiger partial charge on any atom is 0.184 e. The van der Waals surface area contributed by atoms with Gasteiger partial charge in [-0.3, -0.25) is 0 Å². The predicted octanol–water partition coefficient (Wildman–Crippen LogP) is 5.61. The molecule has 0 saturated carbocycles. The summed E-state index contributed by atoms with van der Waals surface area (Å²) >= 11 is 0. The van der Waals surface area contributed by atoms with Gasteiger partial charge in [-0.2, -0.15) is 0 Å². The summed E-state index contributed by atoms with van der Waals surface area (Å²) in [6, 6.07) is 38.9. The van der Waals surface area contributed by atoms with Crippen molar-refractivity contribution in [1.29, 1.82) is 0 Å². The van der Waals surface area contributed by atoms with Crippen molar-refractivity contribution in [2.45, 2.75) is 67.8 Å².